The number of hydrogen-bond acceptors (Lipinski definition) is 10. The molecule has 1 aromatic carbocycles. The lowest BCUT2D eigenvalue weighted by Crippen LogP contribution is -2.38. The predicted molar refractivity (Wildman–Crippen MR) is 137 cm³/mol. The molecule has 0 saturated carbocycles. The van der Waals surface area contributed by atoms with Gasteiger partial charge in [0.15, 0.2) is 16.7 Å². The number of aryl methyl sites for hydroxylation is 2. The fraction of sp³-hybridized carbons (Fsp3) is 0.458. The number of nitrogens with two attached hydrogens (primary N) is 1. The first-order valence-electron chi connectivity index (χ1n) is 11.3. The molecule has 3 aromatic rings. The van der Waals surface area contributed by atoms with E-state index in [2.05, 4.69) is 28.7 Å². The van der Waals surface area contributed by atoms with Crippen LogP contribution < -0.4 is 15.2 Å². The molecule has 1 atom stereocenters. The maximum Gasteiger partial charge on any atom is 0.190 e. The highest BCUT2D eigenvalue weighted by Crippen LogP contribution is 2.40. The van der Waals surface area contributed by atoms with Crippen LogP contribution >= 0.6 is 23.1 Å². The van der Waals surface area contributed by atoms with Crippen molar-refractivity contribution in [3.63, 3.8) is 0 Å². The fourth-order valence-electron chi connectivity index (χ4n) is 3.77. The molecule has 10 heteroatoms. The topological polar surface area (TPSA) is 95.6 Å². The second-order valence-corrected chi connectivity index (χ2v) is 10.6. The van der Waals surface area contributed by atoms with Gasteiger partial charge in [-0.15, -0.1) is 11.3 Å². The Morgan fingerprint density at radius 1 is 1.15 bits per heavy atom. The summed E-state index contributed by atoms with van der Waals surface area (Å²) >= 11 is 3.24. The lowest BCUT2D eigenvalue weighted by atomic mass is 10.2. The molecule has 34 heavy (non-hydrogen) atoms. The van der Waals surface area contributed by atoms with E-state index in [1.807, 2.05) is 25.1 Å². The van der Waals surface area contributed by atoms with Gasteiger partial charge in [0, 0.05) is 41.8 Å². The molecular weight excluding hydrogens is 470 g/mol. The highest BCUT2D eigenvalue weighted by molar-refractivity contribution is 7.99. The molecule has 8 nitrogen and oxygen atoms in total. The molecule has 0 radical (unpaired) electrons. The second-order valence-electron chi connectivity index (χ2n) is 8.11. The Hall–Kier alpha value is -2.40. The molecule has 182 valence electrons. The van der Waals surface area contributed by atoms with Crippen molar-refractivity contribution in [1.29, 1.82) is 0 Å². The number of anilines is 1. The predicted octanol–water partition coefficient (Wildman–Crippen LogP) is 4.37. The Morgan fingerprint density at radius 2 is 1.94 bits per heavy atom. The summed E-state index contributed by atoms with van der Waals surface area (Å²) in [6, 6.07) is 7.75. The highest BCUT2D eigenvalue weighted by atomic mass is 32.2. The summed E-state index contributed by atoms with van der Waals surface area (Å²) in [5.41, 5.74) is 8.79. The molecular formula is C24H31N5O3S2. The van der Waals surface area contributed by atoms with Crippen LogP contribution in [-0.2, 0) is 4.74 Å². The van der Waals surface area contributed by atoms with E-state index in [1.165, 1.54) is 4.88 Å². The quantitative estimate of drug-likeness (QED) is 0.339. The fourth-order valence-corrected chi connectivity index (χ4v) is 5.86. The van der Waals surface area contributed by atoms with Crippen molar-refractivity contribution in [2.75, 3.05) is 52.3 Å². The molecule has 0 aliphatic carbocycles. The second kappa shape index (κ2) is 11.4. The minimum Gasteiger partial charge on any atom is -0.493 e. The maximum absolute atomic E-state index is 6.12. The maximum atomic E-state index is 6.12. The van der Waals surface area contributed by atoms with E-state index >= 15 is 0 Å². The summed E-state index contributed by atoms with van der Waals surface area (Å²) in [6.45, 7) is 11.0. The molecule has 0 spiro atoms. The summed E-state index contributed by atoms with van der Waals surface area (Å²) in [5, 5.41) is 1.71. The van der Waals surface area contributed by atoms with Gasteiger partial charge < -0.3 is 19.9 Å². The minimum absolute atomic E-state index is 0.0914. The number of benzene rings is 1. The third kappa shape index (κ3) is 6.18. The molecule has 1 aliphatic rings. The summed E-state index contributed by atoms with van der Waals surface area (Å²) < 4.78 is 17.1. The summed E-state index contributed by atoms with van der Waals surface area (Å²) in [5.74, 6) is 1.93. The number of methoxy groups -OCH3 is 1. The third-order valence-electron chi connectivity index (χ3n) is 5.53. The molecule has 0 amide bonds. The van der Waals surface area contributed by atoms with E-state index in [1.54, 1.807) is 36.3 Å². The summed E-state index contributed by atoms with van der Waals surface area (Å²) in [4.78, 5) is 17.3. The summed E-state index contributed by atoms with van der Waals surface area (Å²) in [6.07, 6.45) is 0. The number of aromatic nitrogens is 3. The third-order valence-corrected chi connectivity index (χ3v) is 7.54. The van der Waals surface area contributed by atoms with E-state index in [0.717, 1.165) is 66.3 Å². The van der Waals surface area contributed by atoms with Gasteiger partial charge >= 0.3 is 0 Å². The first kappa shape index (κ1) is 24.7. The van der Waals surface area contributed by atoms with Gasteiger partial charge in [0.05, 0.1) is 31.3 Å². The molecule has 2 aromatic heterocycles. The highest BCUT2D eigenvalue weighted by Gasteiger charge is 2.19. The Bertz CT molecular complexity index is 1100. The zero-order valence-electron chi connectivity index (χ0n) is 20.0. The van der Waals surface area contributed by atoms with Gasteiger partial charge in [0.25, 0.3) is 0 Å². The number of morpholine rings is 1. The van der Waals surface area contributed by atoms with Crippen LogP contribution in [0.2, 0.25) is 0 Å². The molecule has 0 bridgehead atoms. The van der Waals surface area contributed by atoms with Gasteiger partial charge in [-0.3, -0.25) is 4.90 Å². The Labute approximate surface area is 208 Å². The normalized spacial score (nSPS) is 15.3. The SMILES string of the molecule is COc1ccc(-c2nc(C(C)Sc3nc(C)cc(N)n3)c(C)s2)cc1OCCN1CCOCC1. The Kier molecular flexibility index (Phi) is 8.25. The van der Waals surface area contributed by atoms with Crippen LogP contribution in [0, 0.1) is 13.8 Å². The average molecular weight is 502 g/mol. The van der Waals surface area contributed by atoms with Crippen molar-refractivity contribution in [1.82, 2.24) is 19.9 Å². The monoisotopic (exact) mass is 501 g/mol. The number of hydrogen-bond donors (Lipinski definition) is 1. The van der Waals surface area contributed by atoms with Gasteiger partial charge in [-0.05, 0) is 39.0 Å². The van der Waals surface area contributed by atoms with E-state index in [4.69, 9.17) is 24.9 Å². The van der Waals surface area contributed by atoms with Crippen molar-refractivity contribution in [3.05, 3.63) is 40.5 Å². The van der Waals surface area contributed by atoms with Crippen molar-refractivity contribution in [3.8, 4) is 22.1 Å². The van der Waals surface area contributed by atoms with Gasteiger partial charge in [0.1, 0.15) is 17.4 Å². The van der Waals surface area contributed by atoms with Crippen LogP contribution in [0.15, 0.2) is 29.4 Å². The van der Waals surface area contributed by atoms with E-state index in [-0.39, 0.29) is 5.25 Å². The van der Waals surface area contributed by atoms with E-state index < -0.39 is 0 Å². The number of thiazole rings is 1. The van der Waals surface area contributed by atoms with Crippen LogP contribution in [0.25, 0.3) is 10.6 Å². The Morgan fingerprint density at radius 3 is 2.68 bits per heavy atom. The minimum atomic E-state index is 0.0914. The zero-order valence-corrected chi connectivity index (χ0v) is 21.7. The number of nitrogens with zero attached hydrogens (tertiary/aromatic N) is 4. The Balaban J connectivity index is 1.48. The smallest absolute Gasteiger partial charge is 0.190 e. The summed E-state index contributed by atoms with van der Waals surface area (Å²) in [7, 11) is 1.66. The molecule has 1 saturated heterocycles. The first-order chi connectivity index (χ1) is 16.4. The number of nitrogen functional groups attached to an aromatic ring is 1. The molecule has 1 fully saturated rings. The number of ether oxygens (including phenoxy) is 3. The lowest BCUT2D eigenvalue weighted by Gasteiger charge is -2.26. The van der Waals surface area contributed by atoms with Crippen LogP contribution in [0.4, 0.5) is 5.82 Å². The standard InChI is InChI=1S/C24H31N5O3S2/c1-15-13-21(25)27-24(26-15)34-17(3)22-16(2)33-23(28-22)18-5-6-19(30-4)20(14-18)32-12-9-29-7-10-31-11-8-29/h5-6,13-14,17H,7-12H2,1-4H3,(H2,25,26,27). The van der Waals surface area contributed by atoms with Crippen molar-refractivity contribution < 1.29 is 14.2 Å². The number of thioether (sulfide) groups is 1. The molecule has 2 N–H and O–H groups in total. The lowest BCUT2D eigenvalue weighted by molar-refractivity contribution is 0.0321. The molecule has 1 aliphatic heterocycles. The van der Waals surface area contributed by atoms with Crippen LogP contribution in [0.5, 0.6) is 11.5 Å². The largest absolute Gasteiger partial charge is 0.493 e. The van der Waals surface area contributed by atoms with Gasteiger partial charge in [-0.25, -0.2) is 15.0 Å². The number of rotatable bonds is 9. The van der Waals surface area contributed by atoms with E-state index in [0.29, 0.717) is 17.6 Å². The van der Waals surface area contributed by atoms with Crippen LogP contribution in [0.1, 0.15) is 28.4 Å². The van der Waals surface area contributed by atoms with Gasteiger partial charge in [-0.1, -0.05) is 11.8 Å². The molecule has 4 rings (SSSR count). The van der Waals surface area contributed by atoms with Crippen molar-refractivity contribution in [2.45, 2.75) is 31.2 Å². The average Bonchev–Trinajstić information content (AvgIpc) is 3.21. The van der Waals surface area contributed by atoms with Gasteiger partial charge in [-0.2, -0.15) is 0 Å². The zero-order chi connectivity index (χ0) is 24.1. The molecule has 1 unspecified atom stereocenters. The molecule has 3 heterocycles. The van der Waals surface area contributed by atoms with Crippen LogP contribution in [-0.4, -0.2) is 66.4 Å². The van der Waals surface area contributed by atoms with Crippen molar-refractivity contribution >= 4 is 28.9 Å². The van der Waals surface area contributed by atoms with Gasteiger partial charge in [0.2, 0.25) is 0 Å². The van der Waals surface area contributed by atoms with Crippen molar-refractivity contribution in [2.24, 2.45) is 0 Å². The van der Waals surface area contributed by atoms with Crippen LogP contribution in [0.3, 0.4) is 0 Å². The first-order valence-corrected chi connectivity index (χ1v) is 13.0. The van der Waals surface area contributed by atoms with E-state index in [9.17, 15) is 0 Å².